The predicted molar refractivity (Wildman–Crippen MR) is 66.5 cm³/mol. The molecule has 17 heavy (non-hydrogen) atoms. The normalized spacial score (nSPS) is 24.4. The summed E-state index contributed by atoms with van der Waals surface area (Å²) >= 11 is 0. The average molecular weight is 240 g/mol. The number of hydrogen-bond acceptors (Lipinski definition) is 3. The highest BCUT2D eigenvalue weighted by Crippen LogP contribution is 2.41. The first-order valence-corrected chi connectivity index (χ1v) is 6.74. The van der Waals surface area contributed by atoms with Gasteiger partial charge < -0.3 is 10.5 Å². The fourth-order valence-corrected chi connectivity index (χ4v) is 2.50. The molecule has 0 radical (unpaired) electrons. The second-order valence-corrected chi connectivity index (χ2v) is 5.77. The number of nitrogens with one attached hydrogen (secondary N) is 1. The van der Waals surface area contributed by atoms with Crippen molar-refractivity contribution in [1.82, 2.24) is 5.32 Å². The van der Waals surface area contributed by atoms with Crippen molar-refractivity contribution >= 4 is 5.91 Å². The highest BCUT2D eigenvalue weighted by atomic mass is 16.5. The predicted octanol–water partition coefficient (Wildman–Crippen LogP) is 1.19. The number of rotatable bonds is 7. The van der Waals surface area contributed by atoms with E-state index < -0.39 is 5.54 Å². The maximum Gasteiger partial charge on any atom is 0.240 e. The summed E-state index contributed by atoms with van der Waals surface area (Å²) in [5.41, 5.74) is 4.99. The van der Waals surface area contributed by atoms with Crippen molar-refractivity contribution in [3.05, 3.63) is 0 Å². The molecule has 2 aliphatic carbocycles. The van der Waals surface area contributed by atoms with Gasteiger partial charge in [0.2, 0.25) is 5.91 Å². The molecule has 1 amide bonds. The van der Waals surface area contributed by atoms with E-state index in [4.69, 9.17) is 10.5 Å². The summed E-state index contributed by atoms with van der Waals surface area (Å²) in [5, 5.41) is 3.36. The molecule has 1 unspecified atom stereocenters. The third-order valence-electron chi connectivity index (χ3n) is 3.86. The molecule has 2 aliphatic rings. The van der Waals surface area contributed by atoms with Gasteiger partial charge in [-0.15, -0.1) is 0 Å². The molecule has 4 nitrogen and oxygen atoms in total. The molecule has 0 aromatic carbocycles. The van der Waals surface area contributed by atoms with E-state index in [-0.39, 0.29) is 11.9 Å². The van der Waals surface area contributed by atoms with Crippen LogP contribution in [0, 0.1) is 5.92 Å². The zero-order valence-corrected chi connectivity index (χ0v) is 10.9. The van der Waals surface area contributed by atoms with Crippen LogP contribution < -0.4 is 11.1 Å². The second-order valence-electron chi connectivity index (χ2n) is 5.77. The van der Waals surface area contributed by atoms with Gasteiger partial charge in [-0.2, -0.15) is 0 Å². The van der Waals surface area contributed by atoms with Gasteiger partial charge in [0.1, 0.15) is 5.54 Å². The topological polar surface area (TPSA) is 64.3 Å². The lowest BCUT2D eigenvalue weighted by Crippen LogP contribution is -2.62. The molecular formula is C13H24N2O2. The van der Waals surface area contributed by atoms with Gasteiger partial charge in [0.05, 0.1) is 12.7 Å². The summed E-state index contributed by atoms with van der Waals surface area (Å²) in [4.78, 5) is 11.8. The SMILES string of the molecule is CC(C)NC(COC1CCC1)(C(N)=O)C1CC1. The van der Waals surface area contributed by atoms with Crippen LogP contribution in [0.15, 0.2) is 0 Å². The van der Waals surface area contributed by atoms with Crippen LogP contribution in [0.1, 0.15) is 46.0 Å². The van der Waals surface area contributed by atoms with Crippen molar-refractivity contribution in [3.63, 3.8) is 0 Å². The minimum atomic E-state index is -0.635. The largest absolute Gasteiger partial charge is 0.376 e. The van der Waals surface area contributed by atoms with Crippen molar-refractivity contribution in [1.29, 1.82) is 0 Å². The fourth-order valence-electron chi connectivity index (χ4n) is 2.50. The molecule has 0 aromatic rings. The molecule has 4 heteroatoms. The Kier molecular flexibility index (Phi) is 3.73. The van der Waals surface area contributed by atoms with Crippen LogP contribution in [0.2, 0.25) is 0 Å². The molecule has 0 saturated heterocycles. The van der Waals surface area contributed by atoms with Crippen molar-refractivity contribution in [2.45, 2.75) is 63.6 Å². The zero-order chi connectivity index (χ0) is 12.5. The number of carbonyl (C=O) groups excluding carboxylic acids is 1. The van der Waals surface area contributed by atoms with E-state index in [9.17, 15) is 4.79 Å². The molecule has 3 N–H and O–H groups in total. The van der Waals surface area contributed by atoms with E-state index in [1.165, 1.54) is 6.42 Å². The molecule has 0 aromatic heterocycles. The molecule has 0 spiro atoms. The molecule has 2 saturated carbocycles. The lowest BCUT2D eigenvalue weighted by molar-refractivity contribution is -0.131. The van der Waals surface area contributed by atoms with Gasteiger partial charge in [0, 0.05) is 6.04 Å². The van der Waals surface area contributed by atoms with Crippen LogP contribution in [-0.4, -0.2) is 30.2 Å². The van der Waals surface area contributed by atoms with Gasteiger partial charge in [-0.05, 0) is 51.9 Å². The summed E-state index contributed by atoms with van der Waals surface area (Å²) in [6.07, 6.45) is 6.01. The Morgan fingerprint density at radius 3 is 2.41 bits per heavy atom. The molecule has 0 heterocycles. The summed E-state index contributed by atoms with van der Waals surface area (Å²) in [6, 6.07) is 0.244. The molecule has 98 valence electrons. The van der Waals surface area contributed by atoms with Crippen LogP contribution in [0.5, 0.6) is 0 Å². The zero-order valence-electron chi connectivity index (χ0n) is 10.9. The molecule has 1 atom stereocenters. The van der Waals surface area contributed by atoms with Gasteiger partial charge in [-0.3, -0.25) is 10.1 Å². The molecule has 2 fully saturated rings. The fraction of sp³-hybridized carbons (Fsp3) is 0.923. The Labute approximate surface area is 103 Å². The van der Waals surface area contributed by atoms with Gasteiger partial charge >= 0.3 is 0 Å². The molecular weight excluding hydrogens is 216 g/mol. The van der Waals surface area contributed by atoms with Crippen LogP contribution >= 0.6 is 0 Å². The maximum atomic E-state index is 11.8. The van der Waals surface area contributed by atoms with E-state index in [2.05, 4.69) is 5.32 Å². The Bertz CT molecular complexity index is 285. The minimum Gasteiger partial charge on any atom is -0.376 e. The monoisotopic (exact) mass is 240 g/mol. The van der Waals surface area contributed by atoms with Crippen molar-refractivity contribution in [3.8, 4) is 0 Å². The minimum absolute atomic E-state index is 0.244. The molecule has 2 rings (SSSR count). The first-order valence-electron chi connectivity index (χ1n) is 6.74. The Hall–Kier alpha value is -0.610. The summed E-state index contributed by atoms with van der Waals surface area (Å²) in [6.45, 7) is 4.53. The van der Waals surface area contributed by atoms with Crippen LogP contribution in [-0.2, 0) is 9.53 Å². The lowest BCUT2D eigenvalue weighted by atomic mass is 9.91. The highest BCUT2D eigenvalue weighted by molar-refractivity contribution is 5.85. The first-order chi connectivity index (χ1) is 8.04. The quantitative estimate of drug-likeness (QED) is 0.702. The number of nitrogens with two attached hydrogens (primary N) is 1. The van der Waals surface area contributed by atoms with Gasteiger partial charge in [0.25, 0.3) is 0 Å². The van der Waals surface area contributed by atoms with E-state index in [0.29, 0.717) is 18.6 Å². The third-order valence-corrected chi connectivity index (χ3v) is 3.86. The van der Waals surface area contributed by atoms with Gasteiger partial charge in [-0.25, -0.2) is 0 Å². The number of amides is 1. The average Bonchev–Trinajstić information content (AvgIpc) is 2.95. The smallest absolute Gasteiger partial charge is 0.240 e. The van der Waals surface area contributed by atoms with Gasteiger partial charge in [-0.1, -0.05) is 0 Å². The van der Waals surface area contributed by atoms with E-state index in [0.717, 1.165) is 25.7 Å². The van der Waals surface area contributed by atoms with E-state index in [1.54, 1.807) is 0 Å². The second kappa shape index (κ2) is 4.94. The number of primary amides is 1. The summed E-state index contributed by atoms with van der Waals surface area (Å²) in [5.74, 6) is 0.107. The van der Waals surface area contributed by atoms with E-state index >= 15 is 0 Å². The first kappa shape index (κ1) is 12.8. The highest BCUT2D eigenvalue weighted by Gasteiger charge is 2.50. The van der Waals surface area contributed by atoms with Crippen LogP contribution in [0.3, 0.4) is 0 Å². The number of carbonyl (C=O) groups is 1. The number of hydrogen-bond donors (Lipinski definition) is 2. The summed E-state index contributed by atoms with van der Waals surface area (Å²) < 4.78 is 5.84. The summed E-state index contributed by atoms with van der Waals surface area (Å²) in [7, 11) is 0. The molecule has 0 aliphatic heterocycles. The Balaban J connectivity index is 2.00. The number of ether oxygens (including phenoxy) is 1. The standard InChI is InChI=1S/C13H24N2O2/c1-9(2)15-13(12(14)16,10-6-7-10)8-17-11-4-3-5-11/h9-11,15H,3-8H2,1-2H3,(H2,14,16). The maximum absolute atomic E-state index is 11.8. The van der Waals surface area contributed by atoms with Crippen LogP contribution in [0.4, 0.5) is 0 Å². The van der Waals surface area contributed by atoms with E-state index in [1.807, 2.05) is 13.8 Å². The van der Waals surface area contributed by atoms with Crippen LogP contribution in [0.25, 0.3) is 0 Å². The molecule has 0 bridgehead atoms. The Morgan fingerprint density at radius 1 is 1.41 bits per heavy atom. The third kappa shape index (κ3) is 2.80. The van der Waals surface area contributed by atoms with Crippen molar-refractivity contribution in [2.24, 2.45) is 11.7 Å². The van der Waals surface area contributed by atoms with Crippen molar-refractivity contribution < 1.29 is 9.53 Å². The Morgan fingerprint density at radius 2 is 2.06 bits per heavy atom. The van der Waals surface area contributed by atoms with Gasteiger partial charge in [0.15, 0.2) is 0 Å². The van der Waals surface area contributed by atoms with Crippen molar-refractivity contribution in [2.75, 3.05) is 6.61 Å². The lowest BCUT2D eigenvalue weighted by Gasteiger charge is -2.36.